The van der Waals surface area contributed by atoms with Gasteiger partial charge in [-0.3, -0.25) is 0 Å². The lowest BCUT2D eigenvalue weighted by Crippen LogP contribution is -2.05. The predicted molar refractivity (Wildman–Crippen MR) is 86.5 cm³/mol. The van der Waals surface area contributed by atoms with E-state index in [0.717, 1.165) is 5.56 Å². The van der Waals surface area contributed by atoms with E-state index < -0.39 is 9.84 Å². The molecule has 0 aliphatic heterocycles. The Labute approximate surface area is 125 Å². The van der Waals surface area contributed by atoms with Crippen molar-refractivity contribution < 1.29 is 8.42 Å². The molecule has 2 aromatic rings. The van der Waals surface area contributed by atoms with Gasteiger partial charge >= 0.3 is 0 Å². The molecule has 0 fully saturated rings. The summed E-state index contributed by atoms with van der Waals surface area (Å²) in [7, 11) is -3.64. The molecule has 0 saturated heterocycles. The fourth-order valence-electron chi connectivity index (χ4n) is 2.13. The van der Waals surface area contributed by atoms with Gasteiger partial charge < -0.3 is 0 Å². The molecule has 2 aromatic carbocycles. The molecule has 0 amide bonds. The van der Waals surface area contributed by atoms with E-state index in [1.165, 1.54) is 0 Å². The van der Waals surface area contributed by atoms with Crippen molar-refractivity contribution in [2.45, 2.75) is 11.3 Å². The molecule has 2 nitrogen and oxygen atoms in total. The maximum atomic E-state index is 12.8. The Morgan fingerprint density at radius 3 is 2.29 bits per heavy atom. The van der Waals surface area contributed by atoms with Gasteiger partial charge in [0.15, 0.2) is 0 Å². The molecule has 0 radical (unpaired) electrons. The van der Waals surface area contributed by atoms with Crippen LogP contribution in [0.15, 0.2) is 84.5 Å². The van der Waals surface area contributed by atoms with Crippen molar-refractivity contribution in [1.82, 2.24) is 0 Å². The first-order valence-corrected chi connectivity index (χ1v) is 7.99. The molecule has 2 rings (SSSR count). The molecule has 21 heavy (non-hydrogen) atoms. The maximum absolute atomic E-state index is 12.8. The van der Waals surface area contributed by atoms with Crippen molar-refractivity contribution in [3.8, 4) is 0 Å². The Balaban J connectivity index is 2.62. The molecule has 0 bridgehead atoms. The standard InChI is InChI=1S/C18H16O2S/c1-3-10-15-11-8-9-14-17(15)18(4-2)21(19,20)16-12-6-5-7-13-16/h3,5-9,11-14H,1-2,10H2. The highest BCUT2D eigenvalue weighted by atomic mass is 32.2. The number of allylic oxidation sites excluding steroid dienone is 1. The third kappa shape index (κ3) is 3.05. The van der Waals surface area contributed by atoms with E-state index in [-0.39, 0.29) is 9.80 Å². The zero-order valence-electron chi connectivity index (χ0n) is 11.6. The highest BCUT2D eigenvalue weighted by Gasteiger charge is 2.23. The molecule has 0 unspecified atom stereocenters. The van der Waals surface area contributed by atoms with Crippen LogP contribution < -0.4 is 0 Å². The summed E-state index contributed by atoms with van der Waals surface area (Å²) in [5, 5.41) is 0. The first-order valence-electron chi connectivity index (χ1n) is 6.50. The SMILES string of the molecule is C=C=C(c1ccccc1CC=C)S(=O)(=O)c1ccccc1. The molecule has 3 heteroatoms. The summed E-state index contributed by atoms with van der Waals surface area (Å²) in [5.74, 6) is 0. The van der Waals surface area contributed by atoms with E-state index in [1.54, 1.807) is 48.5 Å². The summed E-state index contributed by atoms with van der Waals surface area (Å²) < 4.78 is 25.5. The topological polar surface area (TPSA) is 34.1 Å². The van der Waals surface area contributed by atoms with E-state index in [4.69, 9.17) is 0 Å². The van der Waals surface area contributed by atoms with Gasteiger partial charge in [-0.15, -0.1) is 12.3 Å². The summed E-state index contributed by atoms with van der Waals surface area (Å²) >= 11 is 0. The largest absolute Gasteiger partial charge is 0.218 e. The molecule has 106 valence electrons. The van der Waals surface area contributed by atoms with Crippen molar-refractivity contribution in [2.75, 3.05) is 0 Å². The minimum absolute atomic E-state index is 0.103. The normalized spacial score (nSPS) is 10.7. The number of sulfone groups is 1. The van der Waals surface area contributed by atoms with Gasteiger partial charge in [0.05, 0.1) is 4.90 Å². The second-order valence-electron chi connectivity index (χ2n) is 4.47. The van der Waals surface area contributed by atoms with Gasteiger partial charge in [0.2, 0.25) is 9.84 Å². The summed E-state index contributed by atoms with van der Waals surface area (Å²) in [6, 6.07) is 15.7. The minimum atomic E-state index is -3.64. The van der Waals surface area contributed by atoms with Crippen molar-refractivity contribution in [1.29, 1.82) is 0 Å². The quantitative estimate of drug-likeness (QED) is 0.617. The third-order valence-electron chi connectivity index (χ3n) is 3.11. The average Bonchev–Trinajstić information content (AvgIpc) is 2.51. The van der Waals surface area contributed by atoms with Gasteiger partial charge in [-0.1, -0.05) is 55.1 Å². The van der Waals surface area contributed by atoms with Crippen LogP contribution >= 0.6 is 0 Å². The summed E-state index contributed by atoms with van der Waals surface area (Å²) in [4.78, 5) is 0.343. The van der Waals surface area contributed by atoms with Crippen LogP contribution in [0.1, 0.15) is 11.1 Å². The summed E-state index contributed by atoms with van der Waals surface area (Å²) in [5.41, 5.74) is 4.11. The average molecular weight is 296 g/mol. The summed E-state index contributed by atoms with van der Waals surface area (Å²) in [6.07, 6.45) is 2.33. The first kappa shape index (κ1) is 15.0. The van der Waals surface area contributed by atoms with Crippen LogP contribution in [0.2, 0.25) is 0 Å². The van der Waals surface area contributed by atoms with E-state index in [2.05, 4.69) is 18.9 Å². The molecule has 0 atom stereocenters. The van der Waals surface area contributed by atoms with E-state index in [0.29, 0.717) is 12.0 Å². The van der Waals surface area contributed by atoms with Gasteiger partial charge in [-0.2, -0.15) is 0 Å². The molecule has 0 spiro atoms. The highest BCUT2D eigenvalue weighted by Crippen LogP contribution is 2.29. The number of hydrogen-bond acceptors (Lipinski definition) is 2. The smallest absolute Gasteiger partial charge is 0.214 e. The Morgan fingerprint density at radius 1 is 1.05 bits per heavy atom. The number of benzene rings is 2. The van der Waals surface area contributed by atoms with Crippen molar-refractivity contribution in [3.05, 3.63) is 90.7 Å². The van der Waals surface area contributed by atoms with Crippen LogP contribution in [0.4, 0.5) is 0 Å². The Kier molecular flexibility index (Phi) is 4.59. The van der Waals surface area contributed by atoms with E-state index in [1.807, 2.05) is 12.1 Å². The van der Waals surface area contributed by atoms with Gasteiger partial charge in [-0.05, 0) is 24.1 Å². The fourth-order valence-corrected chi connectivity index (χ4v) is 3.56. The second-order valence-corrected chi connectivity index (χ2v) is 6.36. The molecule has 0 saturated carbocycles. The zero-order valence-corrected chi connectivity index (χ0v) is 12.4. The molecular formula is C18H16O2S. The summed E-state index contributed by atoms with van der Waals surface area (Å²) in [6.45, 7) is 7.27. The monoisotopic (exact) mass is 296 g/mol. The highest BCUT2D eigenvalue weighted by molar-refractivity contribution is 8.00. The first-order chi connectivity index (χ1) is 10.1. The van der Waals surface area contributed by atoms with Crippen LogP contribution in [0.3, 0.4) is 0 Å². The third-order valence-corrected chi connectivity index (χ3v) is 4.90. The van der Waals surface area contributed by atoms with Crippen LogP contribution in [-0.2, 0) is 16.3 Å². The zero-order chi connectivity index (χ0) is 15.3. The maximum Gasteiger partial charge on any atom is 0.214 e. The Morgan fingerprint density at radius 2 is 1.67 bits per heavy atom. The minimum Gasteiger partial charge on any atom is -0.218 e. The van der Waals surface area contributed by atoms with Crippen molar-refractivity contribution >= 4 is 14.7 Å². The lowest BCUT2D eigenvalue weighted by atomic mass is 10.0. The lowest BCUT2D eigenvalue weighted by molar-refractivity contribution is 0.606. The number of rotatable bonds is 5. The second kappa shape index (κ2) is 6.40. The van der Waals surface area contributed by atoms with Crippen LogP contribution in [-0.4, -0.2) is 8.42 Å². The number of hydrogen-bond donors (Lipinski definition) is 0. The lowest BCUT2D eigenvalue weighted by Gasteiger charge is -2.11. The predicted octanol–water partition coefficient (Wildman–Crippen LogP) is 4.01. The van der Waals surface area contributed by atoms with Gasteiger partial charge in [0.25, 0.3) is 0 Å². The van der Waals surface area contributed by atoms with Crippen LogP contribution in [0.25, 0.3) is 4.91 Å². The van der Waals surface area contributed by atoms with Crippen molar-refractivity contribution in [2.24, 2.45) is 0 Å². The molecule has 0 aliphatic carbocycles. The molecule has 0 heterocycles. The van der Waals surface area contributed by atoms with E-state index >= 15 is 0 Å². The van der Waals surface area contributed by atoms with Crippen LogP contribution in [0, 0.1) is 0 Å². The van der Waals surface area contributed by atoms with Gasteiger partial charge in [0.1, 0.15) is 4.91 Å². The Bertz CT molecular complexity index is 796. The molecule has 0 N–H and O–H groups in total. The fraction of sp³-hybridized carbons (Fsp3) is 0.0556. The van der Waals surface area contributed by atoms with Gasteiger partial charge in [-0.25, -0.2) is 8.42 Å². The van der Waals surface area contributed by atoms with Gasteiger partial charge in [0, 0.05) is 5.56 Å². The molecule has 0 aliphatic rings. The Hall–Kier alpha value is -2.35. The van der Waals surface area contributed by atoms with Crippen LogP contribution in [0.5, 0.6) is 0 Å². The van der Waals surface area contributed by atoms with Crippen molar-refractivity contribution in [3.63, 3.8) is 0 Å². The van der Waals surface area contributed by atoms with E-state index in [9.17, 15) is 8.42 Å². The molecular weight excluding hydrogens is 280 g/mol. The molecule has 0 aromatic heterocycles.